The first-order valence-corrected chi connectivity index (χ1v) is 7.75. The summed E-state index contributed by atoms with van der Waals surface area (Å²) >= 11 is 0. The number of amides is 2. The van der Waals surface area contributed by atoms with Crippen molar-refractivity contribution in [2.24, 2.45) is 11.1 Å². The number of halogens is 1. The number of hydrogen-bond donors (Lipinski definition) is 2. The van der Waals surface area contributed by atoms with Gasteiger partial charge in [-0.05, 0) is 18.4 Å². The third-order valence-corrected chi connectivity index (χ3v) is 4.31. The zero-order chi connectivity index (χ0) is 16.6. The van der Waals surface area contributed by atoms with Gasteiger partial charge in [0.15, 0.2) is 0 Å². The number of likely N-dealkylation sites (N-methyl/N-ethyl adjacent to an activating group) is 1. The molecule has 0 saturated carbocycles. The molecule has 5 nitrogen and oxygen atoms in total. The van der Waals surface area contributed by atoms with Crippen LogP contribution in [0.15, 0.2) is 30.3 Å². The van der Waals surface area contributed by atoms with Crippen molar-refractivity contribution in [3.05, 3.63) is 35.9 Å². The SMILES string of the molecule is CCC(CC)(CN)C(=O)NCC(=O)N(C)Cc1ccccc1.Cl. The fourth-order valence-corrected chi connectivity index (χ4v) is 2.38. The molecular weight excluding hydrogens is 314 g/mol. The molecular formula is C17H28ClN3O2. The van der Waals surface area contributed by atoms with Crippen LogP contribution in [0.2, 0.25) is 0 Å². The summed E-state index contributed by atoms with van der Waals surface area (Å²) in [4.78, 5) is 26.0. The van der Waals surface area contributed by atoms with Crippen molar-refractivity contribution in [2.75, 3.05) is 20.1 Å². The molecule has 0 aliphatic rings. The minimum Gasteiger partial charge on any atom is -0.347 e. The number of carbonyl (C=O) groups excluding carboxylic acids is 2. The average Bonchev–Trinajstić information content (AvgIpc) is 2.55. The van der Waals surface area contributed by atoms with Crippen LogP contribution in [-0.4, -0.2) is 36.9 Å². The lowest BCUT2D eigenvalue weighted by atomic mass is 9.81. The van der Waals surface area contributed by atoms with Gasteiger partial charge in [-0.15, -0.1) is 12.4 Å². The Morgan fingerprint density at radius 1 is 1.17 bits per heavy atom. The molecule has 1 rings (SSSR count). The van der Waals surface area contributed by atoms with Gasteiger partial charge >= 0.3 is 0 Å². The summed E-state index contributed by atoms with van der Waals surface area (Å²) < 4.78 is 0. The number of benzene rings is 1. The average molecular weight is 342 g/mol. The monoisotopic (exact) mass is 341 g/mol. The molecule has 0 aromatic heterocycles. The Bertz CT molecular complexity index is 482. The molecule has 0 radical (unpaired) electrons. The number of hydrogen-bond acceptors (Lipinski definition) is 3. The van der Waals surface area contributed by atoms with E-state index >= 15 is 0 Å². The fraction of sp³-hybridized carbons (Fsp3) is 0.529. The van der Waals surface area contributed by atoms with Gasteiger partial charge in [0.05, 0.1) is 12.0 Å². The van der Waals surface area contributed by atoms with Crippen molar-refractivity contribution >= 4 is 24.2 Å². The smallest absolute Gasteiger partial charge is 0.242 e. The Hall–Kier alpha value is -1.59. The number of nitrogens with one attached hydrogen (secondary N) is 1. The van der Waals surface area contributed by atoms with Crippen molar-refractivity contribution in [3.63, 3.8) is 0 Å². The summed E-state index contributed by atoms with van der Waals surface area (Å²) in [7, 11) is 1.73. The topological polar surface area (TPSA) is 75.4 Å². The second kappa shape index (κ2) is 10.2. The summed E-state index contributed by atoms with van der Waals surface area (Å²) in [6.07, 6.45) is 1.33. The van der Waals surface area contributed by atoms with Gasteiger partial charge in [0, 0.05) is 20.1 Å². The largest absolute Gasteiger partial charge is 0.347 e. The van der Waals surface area contributed by atoms with Crippen LogP contribution in [0, 0.1) is 5.41 Å². The Morgan fingerprint density at radius 2 is 1.74 bits per heavy atom. The molecule has 0 aliphatic heterocycles. The highest BCUT2D eigenvalue weighted by Crippen LogP contribution is 2.24. The van der Waals surface area contributed by atoms with Crippen LogP contribution in [-0.2, 0) is 16.1 Å². The van der Waals surface area contributed by atoms with Crippen LogP contribution >= 0.6 is 12.4 Å². The van der Waals surface area contributed by atoms with Crippen molar-refractivity contribution in [1.82, 2.24) is 10.2 Å². The van der Waals surface area contributed by atoms with E-state index in [1.165, 1.54) is 0 Å². The fourth-order valence-electron chi connectivity index (χ4n) is 2.38. The van der Waals surface area contributed by atoms with Crippen molar-refractivity contribution < 1.29 is 9.59 Å². The molecule has 0 atom stereocenters. The van der Waals surface area contributed by atoms with E-state index in [-0.39, 0.29) is 30.8 Å². The normalized spacial score (nSPS) is 10.6. The van der Waals surface area contributed by atoms with Crippen LogP contribution < -0.4 is 11.1 Å². The number of carbonyl (C=O) groups is 2. The standard InChI is InChI=1S/C17H27N3O2.ClH/c1-4-17(5-2,13-18)16(22)19-11-15(21)20(3)12-14-9-7-6-8-10-14;/h6-10H,4-5,11-13,18H2,1-3H3,(H,19,22);1H. The quantitative estimate of drug-likeness (QED) is 0.758. The van der Waals surface area contributed by atoms with Crippen LogP contribution in [0.3, 0.4) is 0 Å². The number of nitrogens with zero attached hydrogens (tertiary/aromatic N) is 1. The van der Waals surface area contributed by atoms with Crippen LogP contribution in [0.5, 0.6) is 0 Å². The Morgan fingerprint density at radius 3 is 2.22 bits per heavy atom. The van der Waals surface area contributed by atoms with Gasteiger partial charge in [-0.25, -0.2) is 0 Å². The second-order valence-electron chi connectivity index (χ2n) is 5.61. The Balaban J connectivity index is 0.00000484. The molecule has 0 unspecified atom stereocenters. The molecule has 0 bridgehead atoms. The molecule has 2 amide bonds. The first kappa shape index (κ1) is 21.4. The molecule has 6 heteroatoms. The maximum Gasteiger partial charge on any atom is 0.242 e. The molecule has 23 heavy (non-hydrogen) atoms. The minimum absolute atomic E-state index is 0. The van der Waals surface area contributed by atoms with Gasteiger partial charge in [-0.2, -0.15) is 0 Å². The summed E-state index contributed by atoms with van der Waals surface area (Å²) in [6.45, 7) is 4.71. The zero-order valence-electron chi connectivity index (χ0n) is 14.2. The highest BCUT2D eigenvalue weighted by atomic mass is 35.5. The van der Waals surface area contributed by atoms with E-state index in [1.807, 2.05) is 44.2 Å². The van der Waals surface area contributed by atoms with E-state index in [0.717, 1.165) is 5.56 Å². The Labute approximate surface area is 145 Å². The van der Waals surface area contributed by atoms with Crippen molar-refractivity contribution in [2.45, 2.75) is 33.2 Å². The third-order valence-electron chi connectivity index (χ3n) is 4.31. The van der Waals surface area contributed by atoms with Gasteiger partial charge < -0.3 is 16.0 Å². The van der Waals surface area contributed by atoms with Crippen molar-refractivity contribution in [3.8, 4) is 0 Å². The molecule has 1 aromatic rings. The third kappa shape index (κ3) is 5.84. The predicted octanol–water partition coefficient (Wildman–Crippen LogP) is 1.95. The molecule has 0 spiro atoms. The molecule has 0 aliphatic carbocycles. The van der Waals surface area contributed by atoms with Crippen LogP contribution in [0.1, 0.15) is 32.3 Å². The predicted molar refractivity (Wildman–Crippen MR) is 95.2 cm³/mol. The minimum atomic E-state index is -0.571. The first-order chi connectivity index (χ1) is 10.5. The van der Waals surface area contributed by atoms with Crippen molar-refractivity contribution in [1.29, 1.82) is 0 Å². The maximum absolute atomic E-state index is 12.3. The lowest BCUT2D eigenvalue weighted by Crippen LogP contribution is -2.48. The molecule has 0 fully saturated rings. The zero-order valence-corrected chi connectivity index (χ0v) is 15.0. The molecule has 3 N–H and O–H groups in total. The summed E-state index contributed by atoms with van der Waals surface area (Å²) in [6, 6.07) is 9.75. The first-order valence-electron chi connectivity index (χ1n) is 7.75. The van der Waals surface area contributed by atoms with Gasteiger partial charge in [0.25, 0.3) is 0 Å². The summed E-state index contributed by atoms with van der Waals surface area (Å²) in [5.41, 5.74) is 6.23. The van der Waals surface area contributed by atoms with E-state index in [1.54, 1.807) is 11.9 Å². The lowest BCUT2D eigenvalue weighted by molar-refractivity contribution is -0.136. The van der Waals surface area contributed by atoms with Gasteiger partial charge in [-0.3, -0.25) is 9.59 Å². The molecule has 130 valence electrons. The van der Waals surface area contributed by atoms with E-state index in [2.05, 4.69) is 5.32 Å². The van der Waals surface area contributed by atoms with E-state index in [4.69, 9.17) is 5.73 Å². The van der Waals surface area contributed by atoms with Gasteiger partial charge in [0.1, 0.15) is 0 Å². The van der Waals surface area contributed by atoms with Crippen LogP contribution in [0.25, 0.3) is 0 Å². The van der Waals surface area contributed by atoms with E-state index in [9.17, 15) is 9.59 Å². The number of nitrogens with two attached hydrogens (primary N) is 1. The highest BCUT2D eigenvalue weighted by molar-refractivity contribution is 5.88. The van der Waals surface area contributed by atoms with Crippen LogP contribution in [0.4, 0.5) is 0 Å². The van der Waals surface area contributed by atoms with Gasteiger partial charge in [-0.1, -0.05) is 44.2 Å². The van der Waals surface area contributed by atoms with Gasteiger partial charge in [0.2, 0.25) is 11.8 Å². The Kier molecular flexibility index (Phi) is 9.53. The number of rotatable bonds is 8. The summed E-state index contributed by atoms with van der Waals surface area (Å²) in [5, 5.41) is 2.73. The van der Waals surface area contributed by atoms with E-state index in [0.29, 0.717) is 25.9 Å². The molecule has 0 saturated heterocycles. The lowest BCUT2D eigenvalue weighted by Gasteiger charge is -2.28. The molecule has 0 heterocycles. The highest BCUT2D eigenvalue weighted by Gasteiger charge is 2.33. The second-order valence-corrected chi connectivity index (χ2v) is 5.61. The van der Waals surface area contributed by atoms with E-state index < -0.39 is 5.41 Å². The maximum atomic E-state index is 12.3. The summed E-state index contributed by atoms with van der Waals surface area (Å²) in [5.74, 6) is -0.253. The molecule has 1 aromatic carbocycles.